The van der Waals surface area contributed by atoms with Gasteiger partial charge in [0, 0.05) is 11.9 Å². The molecule has 52 valence electrons. The standard InChI is InChI=1S/C8H10N2/c1-7(2)10-8-5-3-4-6-9-8/h3-6H,1-2H3. The Balaban J connectivity index is 2.87. The zero-order valence-corrected chi connectivity index (χ0v) is 6.20. The maximum absolute atomic E-state index is 4.16. The van der Waals surface area contributed by atoms with Gasteiger partial charge in [-0.1, -0.05) is 6.07 Å². The minimum Gasteiger partial charge on any atom is -0.239 e. The van der Waals surface area contributed by atoms with Gasteiger partial charge < -0.3 is 0 Å². The van der Waals surface area contributed by atoms with Crippen LogP contribution in [0.4, 0.5) is 5.82 Å². The highest BCUT2D eigenvalue weighted by Crippen LogP contribution is 2.04. The molecule has 1 rings (SSSR count). The Morgan fingerprint density at radius 1 is 1.40 bits per heavy atom. The highest BCUT2D eigenvalue weighted by molar-refractivity contribution is 5.81. The zero-order chi connectivity index (χ0) is 7.40. The number of nitrogens with zero attached hydrogens (tertiary/aromatic N) is 2. The number of rotatable bonds is 1. The first kappa shape index (κ1) is 6.93. The van der Waals surface area contributed by atoms with E-state index in [0.717, 1.165) is 11.5 Å². The molecule has 0 amide bonds. The monoisotopic (exact) mass is 134 g/mol. The van der Waals surface area contributed by atoms with E-state index in [2.05, 4.69) is 9.98 Å². The number of hydrogen-bond donors (Lipinski definition) is 0. The van der Waals surface area contributed by atoms with Crippen molar-refractivity contribution in [3.05, 3.63) is 24.4 Å². The predicted octanol–water partition coefficient (Wildman–Crippen LogP) is 2.19. The van der Waals surface area contributed by atoms with Crippen LogP contribution in [0.5, 0.6) is 0 Å². The summed E-state index contributed by atoms with van der Waals surface area (Å²) in [6.45, 7) is 3.91. The van der Waals surface area contributed by atoms with Crippen molar-refractivity contribution in [3.63, 3.8) is 0 Å². The summed E-state index contributed by atoms with van der Waals surface area (Å²) in [5.74, 6) is 0.780. The number of aliphatic imine (C=N–C) groups is 1. The quantitative estimate of drug-likeness (QED) is 0.540. The van der Waals surface area contributed by atoms with Gasteiger partial charge in [0.25, 0.3) is 0 Å². The van der Waals surface area contributed by atoms with Crippen molar-refractivity contribution in [1.82, 2.24) is 4.98 Å². The van der Waals surface area contributed by atoms with Gasteiger partial charge in [-0.25, -0.2) is 9.98 Å². The lowest BCUT2D eigenvalue weighted by atomic mass is 10.4. The van der Waals surface area contributed by atoms with E-state index < -0.39 is 0 Å². The van der Waals surface area contributed by atoms with Crippen molar-refractivity contribution in [2.45, 2.75) is 13.8 Å². The molecule has 2 heteroatoms. The van der Waals surface area contributed by atoms with Gasteiger partial charge in [-0.2, -0.15) is 0 Å². The largest absolute Gasteiger partial charge is 0.239 e. The van der Waals surface area contributed by atoms with Crippen molar-refractivity contribution in [3.8, 4) is 0 Å². The molecule has 1 heterocycles. The molecule has 0 aliphatic carbocycles. The van der Waals surface area contributed by atoms with Crippen molar-refractivity contribution < 1.29 is 0 Å². The first-order chi connectivity index (χ1) is 4.79. The fourth-order valence-corrected chi connectivity index (χ4v) is 0.649. The topological polar surface area (TPSA) is 25.2 Å². The third-order valence-corrected chi connectivity index (χ3v) is 0.987. The summed E-state index contributed by atoms with van der Waals surface area (Å²) in [7, 11) is 0. The lowest BCUT2D eigenvalue weighted by Gasteiger charge is -1.90. The van der Waals surface area contributed by atoms with Crippen LogP contribution in [0.2, 0.25) is 0 Å². The summed E-state index contributed by atoms with van der Waals surface area (Å²) in [5, 5.41) is 0. The van der Waals surface area contributed by atoms with E-state index in [-0.39, 0.29) is 0 Å². The van der Waals surface area contributed by atoms with Crippen molar-refractivity contribution in [1.29, 1.82) is 0 Å². The van der Waals surface area contributed by atoms with Crippen LogP contribution in [-0.2, 0) is 0 Å². The second-order valence-corrected chi connectivity index (χ2v) is 2.25. The molecule has 10 heavy (non-hydrogen) atoms. The molecule has 0 radical (unpaired) electrons. The second-order valence-electron chi connectivity index (χ2n) is 2.25. The van der Waals surface area contributed by atoms with Gasteiger partial charge in [-0.3, -0.25) is 0 Å². The summed E-state index contributed by atoms with van der Waals surface area (Å²) < 4.78 is 0. The van der Waals surface area contributed by atoms with Crippen LogP contribution in [0, 0.1) is 0 Å². The molecule has 0 saturated carbocycles. The van der Waals surface area contributed by atoms with Gasteiger partial charge >= 0.3 is 0 Å². The molecule has 0 N–H and O–H groups in total. The van der Waals surface area contributed by atoms with Crippen molar-refractivity contribution in [2.24, 2.45) is 4.99 Å². The zero-order valence-electron chi connectivity index (χ0n) is 6.20. The van der Waals surface area contributed by atoms with E-state index in [0.29, 0.717) is 0 Å². The molecule has 0 aromatic carbocycles. The molecule has 1 aromatic heterocycles. The fraction of sp³-hybridized carbons (Fsp3) is 0.250. The average Bonchev–Trinajstić information content (AvgIpc) is 1.88. The first-order valence-corrected chi connectivity index (χ1v) is 3.22. The average molecular weight is 134 g/mol. The minimum atomic E-state index is 0.780. The van der Waals surface area contributed by atoms with Gasteiger partial charge in [0.2, 0.25) is 0 Å². The molecule has 0 spiro atoms. The molecule has 2 nitrogen and oxygen atoms in total. The predicted molar refractivity (Wildman–Crippen MR) is 42.7 cm³/mol. The summed E-state index contributed by atoms with van der Waals surface area (Å²) in [6.07, 6.45) is 1.74. The van der Waals surface area contributed by atoms with Crippen molar-refractivity contribution in [2.75, 3.05) is 0 Å². The summed E-state index contributed by atoms with van der Waals surface area (Å²) in [5.41, 5.74) is 1.03. The van der Waals surface area contributed by atoms with Crippen LogP contribution in [0.15, 0.2) is 29.4 Å². The van der Waals surface area contributed by atoms with Crippen LogP contribution < -0.4 is 0 Å². The molecule has 1 aromatic rings. The maximum atomic E-state index is 4.16. The molecule has 0 saturated heterocycles. The van der Waals surface area contributed by atoms with E-state index in [4.69, 9.17) is 0 Å². The summed E-state index contributed by atoms with van der Waals surface area (Å²) >= 11 is 0. The van der Waals surface area contributed by atoms with Gasteiger partial charge in [0.1, 0.15) is 0 Å². The Bertz CT molecular complexity index is 222. The first-order valence-electron chi connectivity index (χ1n) is 3.22. The highest BCUT2D eigenvalue weighted by Gasteiger charge is 1.84. The Hall–Kier alpha value is -1.18. The lowest BCUT2D eigenvalue weighted by molar-refractivity contribution is 1.27. The van der Waals surface area contributed by atoms with Gasteiger partial charge in [0.05, 0.1) is 0 Å². The summed E-state index contributed by atoms with van der Waals surface area (Å²) in [6, 6.07) is 5.69. The van der Waals surface area contributed by atoms with Gasteiger partial charge in [-0.05, 0) is 26.0 Å². The van der Waals surface area contributed by atoms with Crippen LogP contribution in [-0.4, -0.2) is 10.7 Å². The molecule has 0 fully saturated rings. The molecule has 0 bridgehead atoms. The SMILES string of the molecule is CC(C)=Nc1ccccn1. The summed E-state index contributed by atoms with van der Waals surface area (Å²) in [4.78, 5) is 8.20. The Morgan fingerprint density at radius 2 is 2.20 bits per heavy atom. The Kier molecular flexibility index (Phi) is 2.15. The Labute approximate surface area is 60.6 Å². The Morgan fingerprint density at radius 3 is 2.70 bits per heavy atom. The maximum Gasteiger partial charge on any atom is 0.151 e. The second kappa shape index (κ2) is 3.11. The molecule has 0 unspecified atom stereocenters. The third kappa shape index (κ3) is 1.97. The normalized spacial score (nSPS) is 9.00. The number of hydrogen-bond acceptors (Lipinski definition) is 2. The van der Waals surface area contributed by atoms with Crippen LogP contribution in [0.1, 0.15) is 13.8 Å². The van der Waals surface area contributed by atoms with E-state index in [1.165, 1.54) is 0 Å². The van der Waals surface area contributed by atoms with E-state index in [1.54, 1.807) is 6.20 Å². The molecule has 0 atom stereocenters. The molecule has 0 aliphatic rings. The van der Waals surface area contributed by atoms with Gasteiger partial charge in [0.15, 0.2) is 5.82 Å². The lowest BCUT2D eigenvalue weighted by Crippen LogP contribution is -1.79. The van der Waals surface area contributed by atoms with Crippen LogP contribution >= 0.6 is 0 Å². The highest BCUT2D eigenvalue weighted by atomic mass is 14.9. The van der Waals surface area contributed by atoms with Gasteiger partial charge in [-0.15, -0.1) is 0 Å². The van der Waals surface area contributed by atoms with Crippen LogP contribution in [0.25, 0.3) is 0 Å². The minimum absolute atomic E-state index is 0.780. The fourth-order valence-electron chi connectivity index (χ4n) is 0.649. The molecular weight excluding hydrogens is 124 g/mol. The van der Waals surface area contributed by atoms with Crippen LogP contribution in [0.3, 0.4) is 0 Å². The molecule has 0 aliphatic heterocycles. The van der Waals surface area contributed by atoms with E-state index in [1.807, 2.05) is 32.0 Å². The number of aromatic nitrogens is 1. The number of pyridine rings is 1. The van der Waals surface area contributed by atoms with Crippen molar-refractivity contribution >= 4 is 11.5 Å². The van der Waals surface area contributed by atoms with E-state index in [9.17, 15) is 0 Å². The smallest absolute Gasteiger partial charge is 0.151 e. The third-order valence-electron chi connectivity index (χ3n) is 0.987. The molecular formula is C8H10N2. The van der Waals surface area contributed by atoms with E-state index >= 15 is 0 Å².